The van der Waals surface area contributed by atoms with Crippen LogP contribution in [0.25, 0.3) is 16.3 Å². The molecule has 3 rings (SSSR count). The first kappa shape index (κ1) is 9.29. The molecule has 3 aromatic rings. The molecule has 2 aromatic heterocycles. The number of nitrogens with two attached hydrogens (primary N) is 1. The van der Waals surface area contributed by atoms with Crippen LogP contribution in [0.4, 0.5) is 10.2 Å². The third-order valence-electron chi connectivity index (χ3n) is 2.22. The number of hydrogen-bond donors (Lipinski definition) is 1. The van der Waals surface area contributed by atoms with Crippen LogP contribution in [0.1, 0.15) is 0 Å². The summed E-state index contributed by atoms with van der Waals surface area (Å²) in [6.45, 7) is 0. The van der Waals surface area contributed by atoms with E-state index in [9.17, 15) is 4.39 Å². The fourth-order valence-electron chi connectivity index (χ4n) is 1.46. The van der Waals surface area contributed by atoms with Crippen LogP contribution < -0.4 is 5.73 Å². The Morgan fingerprint density at radius 3 is 2.88 bits per heavy atom. The van der Waals surface area contributed by atoms with Crippen molar-refractivity contribution in [2.24, 2.45) is 0 Å². The van der Waals surface area contributed by atoms with E-state index in [0.29, 0.717) is 22.2 Å². The minimum Gasteiger partial charge on any atom is -0.383 e. The summed E-state index contributed by atoms with van der Waals surface area (Å²) in [7, 11) is 0. The molecule has 0 aliphatic heterocycles. The van der Waals surface area contributed by atoms with Gasteiger partial charge in [0.25, 0.3) is 0 Å². The van der Waals surface area contributed by atoms with Crippen LogP contribution in [0, 0.1) is 5.82 Å². The molecular formula is C10H7FN4S. The molecule has 4 nitrogen and oxygen atoms in total. The number of rotatable bonds is 1. The minimum absolute atomic E-state index is 0.334. The number of fused-ring (bicyclic) bond motifs is 1. The summed E-state index contributed by atoms with van der Waals surface area (Å²) in [5.74, 6) is 0.533. The second-order valence-corrected chi connectivity index (χ2v) is 4.11. The van der Waals surface area contributed by atoms with E-state index >= 15 is 0 Å². The summed E-state index contributed by atoms with van der Waals surface area (Å²) in [6.07, 6.45) is 0. The topological polar surface area (TPSA) is 56.2 Å². The SMILES string of the molecule is Nc1csc2nc(-c3ccccc3F)nn12. The van der Waals surface area contributed by atoms with Gasteiger partial charge in [0.1, 0.15) is 11.6 Å². The summed E-state index contributed by atoms with van der Waals surface area (Å²) in [6, 6.07) is 6.40. The van der Waals surface area contributed by atoms with Gasteiger partial charge in [0.15, 0.2) is 5.82 Å². The molecule has 0 atom stereocenters. The molecule has 6 heteroatoms. The lowest BCUT2D eigenvalue weighted by molar-refractivity contribution is 0.630. The molecule has 0 bridgehead atoms. The summed E-state index contributed by atoms with van der Waals surface area (Å²) < 4.78 is 15.0. The Kier molecular flexibility index (Phi) is 1.90. The molecule has 0 saturated carbocycles. The van der Waals surface area contributed by atoms with Crippen molar-refractivity contribution in [1.29, 1.82) is 0 Å². The van der Waals surface area contributed by atoms with Gasteiger partial charge in [-0.2, -0.15) is 9.50 Å². The van der Waals surface area contributed by atoms with Gasteiger partial charge in [-0.25, -0.2) is 4.39 Å². The van der Waals surface area contributed by atoms with E-state index in [1.54, 1.807) is 23.6 Å². The Labute approximate surface area is 94.2 Å². The van der Waals surface area contributed by atoms with Crippen molar-refractivity contribution in [2.45, 2.75) is 0 Å². The third-order valence-corrected chi connectivity index (χ3v) is 3.06. The molecule has 0 saturated heterocycles. The molecule has 0 unspecified atom stereocenters. The van der Waals surface area contributed by atoms with Crippen molar-refractivity contribution in [2.75, 3.05) is 5.73 Å². The number of aromatic nitrogens is 3. The fraction of sp³-hybridized carbons (Fsp3) is 0. The number of benzene rings is 1. The smallest absolute Gasteiger partial charge is 0.214 e. The van der Waals surface area contributed by atoms with Crippen molar-refractivity contribution < 1.29 is 4.39 Å². The van der Waals surface area contributed by atoms with Crippen LogP contribution >= 0.6 is 11.3 Å². The number of thiazole rings is 1. The molecule has 0 aliphatic rings. The predicted molar refractivity (Wildman–Crippen MR) is 60.7 cm³/mol. The maximum absolute atomic E-state index is 13.5. The first-order valence-corrected chi connectivity index (χ1v) is 5.48. The highest BCUT2D eigenvalue weighted by Crippen LogP contribution is 2.23. The standard InChI is InChI=1S/C10H7FN4S/c11-7-4-2-1-3-6(7)9-13-10-15(14-9)8(12)5-16-10/h1-5H,12H2. The van der Waals surface area contributed by atoms with Crippen molar-refractivity contribution in [1.82, 2.24) is 14.6 Å². The zero-order chi connectivity index (χ0) is 11.1. The van der Waals surface area contributed by atoms with E-state index in [-0.39, 0.29) is 5.82 Å². The van der Waals surface area contributed by atoms with Crippen LogP contribution in [-0.4, -0.2) is 14.6 Å². The molecule has 80 valence electrons. The molecule has 16 heavy (non-hydrogen) atoms. The fourth-order valence-corrected chi connectivity index (χ4v) is 2.17. The van der Waals surface area contributed by atoms with E-state index in [4.69, 9.17) is 5.73 Å². The van der Waals surface area contributed by atoms with Crippen LogP contribution in [-0.2, 0) is 0 Å². The molecule has 0 radical (unpaired) electrons. The van der Waals surface area contributed by atoms with Gasteiger partial charge in [0.2, 0.25) is 4.96 Å². The van der Waals surface area contributed by atoms with Crippen LogP contribution in [0.3, 0.4) is 0 Å². The van der Waals surface area contributed by atoms with E-state index < -0.39 is 0 Å². The van der Waals surface area contributed by atoms with Crippen molar-refractivity contribution in [3.8, 4) is 11.4 Å². The van der Waals surface area contributed by atoms with Gasteiger partial charge in [-0.1, -0.05) is 12.1 Å². The van der Waals surface area contributed by atoms with Gasteiger partial charge in [0.05, 0.1) is 5.56 Å². The largest absolute Gasteiger partial charge is 0.383 e. The van der Waals surface area contributed by atoms with Gasteiger partial charge in [0, 0.05) is 5.38 Å². The van der Waals surface area contributed by atoms with E-state index in [2.05, 4.69) is 10.1 Å². The molecular weight excluding hydrogens is 227 g/mol. The van der Waals surface area contributed by atoms with E-state index in [0.717, 1.165) is 0 Å². The van der Waals surface area contributed by atoms with Gasteiger partial charge in [-0.05, 0) is 12.1 Å². The minimum atomic E-state index is -0.334. The lowest BCUT2D eigenvalue weighted by Gasteiger charge is -1.95. The molecule has 0 aliphatic carbocycles. The highest BCUT2D eigenvalue weighted by Gasteiger charge is 2.12. The van der Waals surface area contributed by atoms with Crippen LogP contribution in [0.5, 0.6) is 0 Å². The molecule has 0 spiro atoms. The third kappa shape index (κ3) is 1.27. The number of hydrogen-bond acceptors (Lipinski definition) is 4. The number of halogens is 1. The maximum atomic E-state index is 13.5. The Bertz CT molecular complexity index is 658. The quantitative estimate of drug-likeness (QED) is 0.702. The van der Waals surface area contributed by atoms with Crippen LogP contribution in [0.2, 0.25) is 0 Å². The lowest BCUT2D eigenvalue weighted by atomic mass is 10.2. The molecule has 2 N–H and O–H groups in total. The lowest BCUT2D eigenvalue weighted by Crippen LogP contribution is -1.93. The summed E-state index contributed by atoms with van der Waals surface area (Å²) in [5, 5.41) is 5.90. The van der Waals surface area contributed by atoms with E-state index in [1.807, 2.05) is 0 Å². The Morgan fingerprint density at radius 2 is 2.12 bits per heavy atom. The average Bonchev–Trinajstić information content (AvgIpc) is 2.82. The summed E-state index contributed by atoms with van der Waals surface area (Å²) >= 11 is 1.38. The Hall–Kier alpha value is -1.95. The van der Waals surface area contributed by atoms with Crippen LogP contribution in [0.15, 0.2) is 29.6 Å². The molecule has 1 aromatic carbocycles. The number of anilines is 1. The first-order chi connectivity index (χ1) is 7.75. The number of nitrogens with zero attached hydrogens (tertiary/aromatic N) is 3. The molecule has 0 fully saturated rings. The Morgan fingerprint density at radius 1 is 1.31 bits per heavy atom. The second kappa shape index (κ2) is 3.28. The average molecular weight is 234 g/mol. The summed E-state index contributed by atoms with van der Waals surface area (Å²) in [5.41, 5.74) is 6.07. The normalized spacial score (nSPS) is 11.1. The van der Waals surface area contributed by atoms with Gasteiger partial charge < -0.3 is 5.73 Å². The summed E-state index contributed by atoms with van der Waals surface area (Å²) in [4.78, 5) is 4.88. The molecule has 2 heterocycles. The van der Waals surface area contributed by atoms with Crippen molar-refractivity contribution in [3.63, 3.8) is 0 Å². The predicted octanol–water partition coefficient (Wildman–Crippen LogP) is 2.18. The zero-order valence-electron chi connectivity index (χ0n) is 8.09. The van der Waals surface area contributed by atoms with Gasteiger partial charge >= 0.3 is 0 Å². The highest BCUT2D eigenvalue weighted by molar-refractivity contribution is 7.15. The Balaban J connectivity index is 2.23. The van der Waals surface area contributed by atoms with Gasteiger partial charge in [-0.15, -0.1) is 16.4 Å². The zero-order valence-corrected chi connectivity index (χ0v) is 8.91. The first-order valence-electron chi connectivity index (χ1n) is 4.60. The number of nitrogen functional groups attached to an aromatic ring is 1. The maximum Gasteiger partial charge on any atom is 0.214 e. The van der Waals surface area contributed by atoms with Gasteiger partial charge in [-0.3, -0.25) is 0 Å². The monoisotopic (exact) mass is 234 g/mol. The second-order valence-electron chi connectivity index (χ2n) is 3.27. The molecule has 0 amide bonds. The highest BCUT2D eigenvalue weighted by atomic mass is 32.1. The van der Waals surface area contributed by atoms with E-state index in [1.165, 1.54) is 21.9 Å². The van der Waals surface area contributed by atoms with Crippen molar-refractivity contribution >= 4 is 22.1 Å². The van der Waals surface area contributed by atoms with Crippen molar-refractivity contribution in [3.05, 3.63) is 35.5 Å².